The van der Waals surface area contributed by atoms with Crippen LogP contribution >= 0.6 is 0 Å². The van der Waals surface area contributed by atoms with Crippen molar-refractivity contribution in [3.8, 4) is 0 Å². The van der Waals surface area contributed by atoms with Crippen LogP contribution in [-0.4, -0.2) is 137 Å². The molecule has 6 fully saturated rings. The Labute approximate surface area is 329 Å². The fraction of sp³-hybridized carbons (Fsp3) is 0.700. The van der Waals surface area contributed by atoms with Crippen LogP contribution in [0.3, 0.4) is 0 Å². The second-order valence-electron chi connectivity index (χ2n) is 16.0. The van der Waals surface area contributed by atoms with Gasteiger partial charge in [-0.3, -0.25) is 14.4 Å². The summed E-state index contributed by atoms with van der Waals surface area (Å²) in [7, 11) is 0. The molecule has 314 valence electrons. The van der Waals surface area contributed by atoms with Gasteiger partial charge >= 0.3 is 23.9 Å². The number of benzene rings is 1. The van der Waals surface area contributed by atoms with E-state index in [1.165, 1.54) is 19.9 Å². The monoisotopic (exact) mass is 804 g/mol. The second kappa shape index (κ2) is 16.6. The summed E-state index contributed by atoms with van der Waals surface area (Å²) >= 11 is 0. The number of aliphatic hydroxyl groups excluding tert-OH is 3. The van der Waals surface area contributed by atoms with Crippen LogP contribution in [0.1, 0.15) is 65.9 Å². The first-order valence-corrected chi connectivity index (χ1v) is 19.6. The Morgan fingerprint density at radius 2 is 1.44 bits per heavy atom. The third kappa shape index (κ3) is 8.36. The number of aliphatic hydroxyl groups is 3. The number of ether oxygens (including phenoxy) is 10. The largest absolute Gasteiger partial charge is 0.459 e. The van der Waals surface area contributed by atoms with Gasteiger partial charge in [0.2, 0.25) is 12.1 Å². The molecule has 3 N–H and O–H groups in total. The number of carbonyl (C=O) groups excluding carboxylic acids is 4. The second-order valence-corrected chi connectivity index (χ2v) is 16.0. The van der Waals surface area contributed by atoms with E-state index in [1.807, 2.05) is 37.3 Å². The Morgan fingerprint density at radius 3 is 2.11 bits per heavy atom. The van der Waals surface area contributed by atoms with Gasteiger partial charge in [0, 0.05) is 38.2 Å². The highest BCUT2D eigenvalue weighted by molar-refractivity contribution is 5.87. The normalized spacial score (nSPS) is 44.0. The van der Waals surface area contributed by atoms with E-state index in [1.54, 1.807) is 6.08 Å². The van der Waals surface area contributed by atoms with Gasteiger partial charge in [0.1, 0.15) is 24.4 Å². The summed E-state index contributed by atoms with van der Waals surface area (Å²) in [5, 5.41) is 32.7. The zero-order valence-electron chi connectivity index (χ0n) is 32.5. The highest BCUT2D eigenvalue weighted by Gasteiger charge is 2.76. The molecule has 17 atom stereocenters. The van der Waals surface area contributed by atoms with Crippen molar-refractivity contribution >= 4 is 30.0 Å². The number of esters is 4. The van der Waals surface area contributed by atoms with E-state index in [9.17, 15) is 34.5 Å². The van der Waals surface area contributed by atoms with Crippen molar-refractivity contribution in [2.45, 2.75) is 145 Å². The zero-order chi connectivity index (χ0) is 40.8. The average molecular weight is 805 g/mol. The fourth-order valence-corrected chi connectivity index (χ4v) is 8.85. The van der Waals surface area contributed by atoms with E-state index in [0.29, 0.717) is 19.4 Å². The Balaban J connectivity index is 1.04. The highest BCUT2D eigenvalue weighted by Crippen LogP contribution is 2.62. The van der Waals surface area contributed by atoms with Gasteiger partial charge in [-0.15, -0.1) is 0 Å². The van der Waals surface area contributed by atoms with Gasteiger partial charge in [-0.2, -0.15) is 0 Å². The molecule has 5 saturated heterocycles. The summed E-state index contributed by atoms with van der Waals surface area (Å²) < 4.78 is 59.4. The molecule has 17 heteroatoms. The maximum absolute atomic E-state index is 14.0. The van der Waals surface area contributed by atoms with Gasteiger partial charge in [-0.05, 0) is 44.7 Å². The van der Waals surface area contributed by atoms with E-state index in [4.69, 9.17) is 47.4 Å². The van der Waals surface area contributed by atoms with Crippen molar-refractivity contribution in [2.24, 2.45) is 17.8 Å². The average Bonchev–Trinajstić information content (AvgIpc) is 3.94. The molecule has 6 aliphatic rings. The van der Waals surface area contributed by atoms with Gasteiger partial charge in [-0.25, -0.2) is 4.79 Å². The number of carbonyl (C=O) groups is 4. The smallest absolute Gasteiger partial charge is 0.331 e. The van der Waals surface area contributed by atoms with Crippen molar-refractivity contribution in [3.63, 3.8) is 0 Å². The van der Waals surface area contributed by atoms with E-state index >= 15 is 0 Å². The molecule has 1 aromatic rings. The molecule has 5 aliphatic heterocycles. The summed E-state index contributed by atoms with van der Waals surface area (Å²) in [4.78, 5) is 50.9. The fourth-order valence-electron chi connectivity index (χ4n) is 8.85. The van der Waals surface area contributed by atoms with Crippen LogP contribution in [0.4, 0.5) is 0 Å². The van der Waals surface area contributed by atoms with Crippen LogP contribution in [0.15, 0.2) is 36.4 Å². The molecule has 1 aromatic carbocycles. The van der Waals surface area contributed by atoms with Crippen LogP contribution in [0, 0.1) is 17.8 Å². The lowest BCUT2D eigenvalue weighted by molar-refractivity contribution is -0.358. The Hall–Kier alpha value is -3.52. The molecule has 17 nitrogen and oxygen atoms in total. The minimum Gasteiger partial charge on any atom is -0.459 e. The van der Waals surface area contributed by atoms with Gasteiger partial charge in [0.05, 0.1) is 37.4 Å². The molecule has 57 heavy (non-hydrogen) atoms. The van der Waals surface area contributed by atoms with Crippen molar-refractivity contribution < 1.29 is 81.9 Å². The van der Waals surface area contributed by atoms with E-state index in [-0.39, 0.29) is 31.3 Å². The summed E-state index contributed by atoms with van der Waals surface area (Å²) in [6, 6.07) is 9.42. The molecule has 0 bridgehead atoms. The van der Waals surface area contributed by atoms with Crippen LogP contribution in [-0.2, 0) is 66.5 Å². The molecule has 5 heterocycles. The number of fused-ring (bicyclic) bond motifs is 3. The molecule has 0 aromatic heterocycles. The maximum Gasteiger partial charge on any atom is 0.331 e. The van der Waals surface area contributed by atoms with E-state index in [2.05, 4.69) is 0 Å². The lowest BCUT2D eigenvalue weighted by Gasteiger charge is -2.46. The molecule has 0 amide bonds. The number of epoxide rings is 1. The molecule has 1 saturated carbocycles. The first-order valence-electron chi connectivity index (χ1n) is 19.6. The lowest BCUT2D eigenvalue weighted by atomic mass is 9.72. The quantitative estimate of drug-likeness (QED) is 0.139. The first kappa shape index (κ1) is 41.6. The number of rotatable bonds is 9. The topological polar surface area (TPSA) is 225 Å². The molecule has 0 radical (unpaired) electrons. The third-order valence-electron chi connectivity index (χ3n) is 12.0. The van der Waals surface area contributed by atoms with E-state index < -0.39 is 115 Å². The van der Waals surface area contributed by atoms with Crippen LogP contribution in [0.2, 0.25) is 0 Å². The zero-order valence-corrected chi connectivity index (χ0v) is 32.5. The number of hydrogen-bond donors (Lipinski definition) is 3. The van der Waals surface area contributed by atoms with Crippen molar-refractivity contribution in [1.82, 2.24) is 0 Å². The Bertz CT molecular complexity index is 1670. The van der Waals surface area contributed by atoms with Gasteiger partial charge in [0.15, 0.2) is 30.2 Å². The molecule has 1 aliphatic carbocycles. The third-order valence-corrected chi connectivity index (χ3v) is 12.0. The molecule has 7 rings (SSSR count). The summed E-state index contributed by atoms with van der Waals surface area (Å²) in [6.07, 6.45) is -10.6. The summed E-state index contributed by atoms with van der Waals surface area (Å²) in [6.45, 7) is 7.81. The van der Waals surface area contributed by atoms with E-state index in [0.717, 1.165) is 19.4 Å². The van der Waals surface area contributed by atoms with Gasteiger partial charge < -0.3 is 62.7 Å². The molecule has 2 spiro atoms. The van der Waals surface area contributed by atoms with Crippen molar-refractivity contribution in [2.75, 3.05) is 13.2 Å². The first-order chi connectivity index (χ1) is 27.1. The molecule has 0 unspecified atom stereocenters. The number of hydrogen-bond acceptors (Lipinski definition) is 17. The van der Waals surface area contributed by atoms with Crippen LogP contribution in [0.5, 0.6) is 0 Å². The minimum absolute atomic E-state index is 0.109. The maximum atomic E-state index is 14.0. The van der Waals surface area contributed by atoms with Crippen molar-refractivity contribution in [1.29, 1.82) is 0 Å². The predicted molar refractivity (Wildman–Crippen MR) is 191 cm³/mol. The molecular formula is C40H52O17. The minimum atomic E-state index is -1.73. The summed E-state index contributed by atoms with van der Waals surface area (Å²) in [5.74, 6) is -4.80. The Kier molecular flexibility index (Phi) is 12.1. The van der Waals surface area contributed by atoms with Crippen LogP contribution < -0.4 is 0 Å². The SMILES string of the molecule is CC(=O)O[C@@H]1[C@@H](O)[C@H](O[C@H]2[C@H](OC(=O)[C@H]3CC[C@@H]4[C@H](C3)O[C@@]3(C[C@H](OC(=O)C=Cc5ccccc5)[C@H](C)CO3)[C@]43CO3)O[C@H](C)[C@@H](O)[C@@H]2OC(C)=O)O[C@H](C)[C@H]1O. The summed E-state index contributed by atoms with van der Waals surface area (Å²) in [5.41, 5.74) is 0.102. The molecular weight excluding hydrogens is 752 g/mol. The van der Waals surface area contributed by atoms with Crippen molar-refractivity contribution in [3.05, 3.63) is 42.0 Å². The Morgan fingerprint density at radius 1 is 0.789 bits per heavy atom. The predicted octanol–water partition coefficient (Wildman–Crippen LogP) is 1.31. The standard InChI is InChI=1S/C40H52O17/c1-19-17-48-40(16-28(19)54-29(43)14-11-24-9-7-6-8-10-24)39(18-49-39)26-13-12-25(15-27(26)57-40)36(47)56-38-35(34(53-23(5)42)31(45)21(3)51-38)55-37-32(46)33(52-22(4)41)30(44)20(2)50-37/h6-11,14,19-21,25-28,30-35,37-38,44-46H,12-13,15-18H2,1-5H3/t19-,20-,21-,25+,26-,27+,28+,30-,31-,32-,33+,34+,35-,37+,38+,39+,40+/m1/s1. The van der Waals surface area contributed by atoms with Crippen LogP contribution in [0.25, 0.3) is 6.08 Å². The van der Waals surface area contributed by atoms with Gasteiger partial charge in [0.25, 0.3) is 0 Å². The lowest BCUT2D eigenvalue weighted by Crippen LogP contribution is -2.64. The highest BCUT2D eigenvalue weighted by atomic mass is 16.8. The van der Waals surface area contributed by atoms with Gasteiger partial charge in [-0.1, -0.05) is 37.3 Å².